The molecule has 0 atom stereocenters. The van der Waals surface area contributed by atoms with Crippen LogP contribution in [0.15, 0.2) is 60.7 Å². The molecule has 3 aromatic rings. The molecule has 1 saturated heterocycles. The molecular weight excluding hydrogens is 535 g/mol. The number of rotatable bonds is 10. The lowest BCUT2D eigenvalue weighted by molar-refractivity contribution is -0.137. The molecule has 0 bridgehead atoms. The Bertz CT molecular complexity index is 1300. The molecule has 2 amide bonds. The molecule has 1 aromatic heterocycles. The average molecular weight is 570 g/mol. The lowest BCUT2D eigenvalue weighted by Crippen LogP contribution is -2.36. The zero-order valence-corrected chi connectivity index (χ0v) is 22.9. The molecular formula is C29H34F3N7O2. The zero-order chi connectivity index (χ0) is 29.2. The number of aromatic nitrogens is 2. The van der Waals surface area contributed by atoms with Crippen LogP contribution in [0.4, 0.5) is 24.8 Å². The summed E-state index contributed by atoms with van der Waals surface area (Å²) in [6.45, 7) is 5.94. The minimum Gasteiger partial charge on any atom is -0.368 e. The summed E-state index contributed by atoms with van der Waals surface area (Å²) in [5, 5.41) is 8.77. The molecule has 1 fully saturated rings. The Labute approximate surface area is 237 Å². The van der Waals surface area contributed by atoms with Crippen molar-refractivity contribution in [3.8, 4) is 11.4 Å². The van der Waals surface area contributed by atoms with Crippen molar-refractivity contribution in [2.45, 2.75) is 26.1 Å². The third-order valence-corrected chi connectivity index (χ3v) is 6.57. The molecule has 0 unspecified atom stereocenters. The van der Waals surface area contributed by atoms with Gasteiger partial charge in [0, 0.05) is 51.3 Å². The van der Waals surface area contributed by atoms with E-state index in [1.54, 1.807) is 6.07 Å². The largest absolute Gasteiger partial charge is 0.416 e. The lowest BCUT2D eigenvalue weighted by Gasteiger charge is -2.21. The van der Waals surface area contributed by atoms with E-state index in [9.17, 15) is 22.8 Å². The van der Waals surface area contributed by atoms with Gasteiger partial charge in [0.2, 0.25) is 11.8 Å². The van der Waals surface area contributed by atoms with Crippen LogP contribution in [0.1, 0.15) is 24.5 Å². The normalized spacial score (nSPS) is 14.7. The topological polar surface area (TPSA) is 102 Å². The van der Waals surface area contributed by atoms with Gasteiger partial charge in [-0.2, -0.15) is 13.2 Å². The highest BCUT2D eigenvalue weighted by Crippen LogP contribution is 2.29. The summed E-state index contributed by atoms with van der Waals surface area (Å²) in [5.41, 5.74) is 0.972. The van der Waals surface area contributed by atoms with Crippen molar-refractivity contribution >= 4 is 23.5 Å². The Morgan fingerprint density at radius 2 is 1.56 bits per heavy atom. The summed E-state index contributed by atoms with van der Waals surface area (Å²) < 4.78 is 38.5. The first-order chi connectivity index (χ1) is 19.7. The van der Waals surface area contributed by atoms with Gasteiger partial charge in [0.25, 0.3) is 0 Å². The number of anilines is 2. The second-order valence-electron chi connectivity index (χ2n) is 9.89. The van der Waals surface area contributed by atoms with Crippen LogP contribution >= 0.6 is 0 Å². The SMILES string of the molecule is CC(=O)NCCNc1cc(NC(=O)CN2CCCN(Cc3ccc(C(F)(F)F)cc3)CC2)nc(-c2ccccc2)n1. The fraction of sp³-hybridized carbons (Fsp3) is 0.379. The van der Waals surface area contributed by atoms with Gasteiger partial charge in [0.1, 0.15) is 11.6 Å². The fourth-order valence-corrected chi connectivity index (χ4v) is 4.53. The second kappa shape index (κ2) is 14.0. The molecule has 1 aliphatic rings. The quantitative estimate of drug-likeness (QED) is 0.319. The van der Waals surface area contributed by atoms with Gasteiger partial charge in [-0.1, -0.05) is 42.5 Å². The lowest BCUT2D eigenvalue weighted by atomic mass is 10.1. The fourth-order valence-electron chi connectivity index (χ4n) is 4.53. The predicted molar refractivity (Wildman–Crippen MR) is 151 cm³/mol. The van der Waals surface area contributed by atoms with Crippen LogP contribution in [0.25, 0.3) is 11.4 Å². The van der Waals surface area contributed by atoms with Crippen molar-refractivity contribution in [1.29, 1.82) is 0 Å². The Kier molecular flexibility index (Phi) is 10.3. The van der Waals surface area contributed by atoms with E-state index in [-0.39, 0.29) is 18.4 Å². The highest BCUT2D eigenvalue weighted by Gasteiger charge is 2.30. The first kappa shape index (κ1) is 29.9. The molecule has 0 saturated carbocycles. The van der Waals surface area contributed by atoms with E-state index >= 15 is 0 Å². The van der Waals surface area contributed by atoms with Crippen molar-refractivity contribution in [2.24, 2.45) is 0 Å². The second-order valence-corrected chi connectivity index (χ2v) is 9.89. The molecule has 3 N–H and O–H groups in total. The van der Waals surface area contributed by atoms with Crippen LogP contribution in [-0.2, 0) is 22.3 Å². The van der Waals surface area contributed by atoms with Gasteiger partial charge in [-0.3, -0.25) is 19.4 Å². The number of halogens is 3. The van der Waals surface area contributed by atoms with Crippen LogP contribution in [0.5, 0.6) is 0 Å². The highest BCUT2D eigenvalue weighted by atomic mass is 19.4. The first-order valence-electron chi connectivity index (χ1n) is 13.5. The van der Waals surface area contributed by atoms with E-state index in [1.165, 1.54) is 19.1 Å². The number of hydrogen-bond donors (Lipinski definition) is 3. The molecule has 12 heteroatoms. The Morgan fingerprint density at radius 3 is 2.27 bits per heavy atom. The van der Waals surface area contributed by atoms with E-state index in [4.69, 9.17) is 0 Å². The molecule has 0 radical (unpaired) electrons. The van der Waals surface area contributed by atoms with Gasteiger partial charge in [-0.15, -0.1) is 0 Å². The summed E-state index contributed by atoms with van der Waals surface area (Å²) >= 11 is 0. The summed E-state index contributed by atoms with van der Waals surface area (Å²) in [6, 6.07) is 16.4. The number of hydrogen-bond acceptors (Lipinski definition) is 7. The van der Waals surface area contributed by atoms with E-state index in [2.05, 4.69) is 35.7 Å². The molecule has 2 heterocycles. The molecule has 0 spiro atoms. The minimum atomic E-state index is -4.34. The standard InChI is InChI=1S/C29H34F3N7O2/c1-21(40)33-12-13-34-25-18-26(37-28(36-25)23-6-3-2-4-7-23)35-27(41)20-39-15-5-14-38(16-17-39)19-22-8-10-24(11-9-22)29(30,31)32/h2-4,6-11,18H,5,12-17,19-20H2,1H3,(H,33,40)(H2,34,35,36,37,41). The monoisotopic (exact) mass is 569 g/mol. The zero-order valence-electron chi connectivity index (χ0n) is 22.9. The number of amides is 2. The minimum absolute atomic E-state index is 0.122. The van der Waals surface area contributed by atoms with Crippen LogP contribution in [0, 0.1) is 0 Å². The van der Waals surface area contributed by atoms with Crippen molar-refractivity contribution < 1.29 is 22.8 Å². The maximum Gasteiger partial charge on any atom is 0.416 e. The smallest absolute Gasteiger partial charge is 0.368 e. The molecule has 4 rings (SSSR count). The van der Waals surface area contributed by atoms with Gasteiger partial charge in [0.05, 0.1) is 12.1 Å². The van der Waals surface area contributed by atoms with Gasteiger partial charge in [-0.05, 0) is 37.2 Å². The third kappa shape index (κ3) is 9.54. The van der Waals surface area contributed by atoms with Gasteiger partial charge in [0.15, 0.2) is 5.82 Å². The first-order valence-corrected chi connectivity index (χ1v) is 13.5. The number of carbonyl (C=O) groups is 2. The van der Waals surface area contributed by atoms with Gasteiger partial charge >= 0.3 is 6.18 Å². The van der Waals surface area contributed by atoms with Crippen LogP contribution < -0.4 is 16.0 Å². The van der Waals surface area contributed by atoms with Crippen molar-refractivity contribution in [3.63, 3.8) is 0 Å². The van der Waals surface area contributed by atoms with Crippen LogP contribution in [-0.4, -0.2) is 77.4 Å². The predicted octanol–water partition coefficient (Wildman–Crippen LogP) is 3.86. The Morgan fingerprint density at radius 1 is 0.878 bits per heavy atom. The third-order valence-electron chi connectivity index (χ3n) is 6.57. The van der Waals surface area contributed by atoms with Crippen molar-refractivity contribution in [2.75, 3.05) is 56.4 Å². The highest BCUT2D eigenvalue weighted by molar-refractivity contribution is 5.92. The summed E-state index contributed by atoms with van der Waals surface area (Å²) in [7, 11) is 0. The maximum atomic E-state index is 13.0. The van der Waals surface area contributed by atoms with Crippen LogP contribution in [0.2, 0.25) is 0 Å². The number of nitrogens with one attached hydrogen (secondary N) is 3. The van der Waals surface area contributed by atoms with Gasteiger partial charge < -0.3 is 16.0 Å². The van der Waals surface area contributed by atoms with Gasteiger partial charge in [-0.25, -0.2) is 9.97 Å². The van der Waals surface area contributed by atoms with E-state index in [0.717, 1.165) is 42.8 Å². The van der Waals surface area contributed by atoms with Crippen molar-refractivity contribution in [3.05, 3.63) is 71.8 Å². The number of alkyl halides is 3. The molecule has 1 aliphatic heterocycles. The molecule has 218 valence electrons. The molecule has 0 aliphatic carbocycles. The number of benzene rings is 2. The molecule has 2 aromatic carbocycles. The van der Waals surface area contributed by atoms with E-state index < -0.39 is 11.7 Å². The number of nitrogens with zero attached hydrogens (tertiary/aromatic N) is 4. The van der Waals surface area contributed by atoms with E-state index in [0.29, 0.717) is 50.2 Å². The van der Waals surface area contributed by atoms with E-state index in [1.807, 2.05) is 30.3 Å². The Balaban J connectivity index is 1.33. The Hall–Kier alpha value is -4.03. The maximum absolute atomic E-state index is 13.0. The molecule has 41 heavy (non-hydrogen) atoms. The van der Waals surface area contributed by atoms with Crippen LogP contribution in [0.3, 0.4) is 0 Å². The van der Waals surface area contributed by atoms with Crippen molar-refractivity contribution in [1.82, 2.24) is 25.1 Å². The summed E-state index contributed by atoms with van der Waals surface area (Å²) in [5.74, 6) is 1.02. The summed E-state index contributed by atoms with van der Waals surface area (Å²) in [4.78, 5) is 37.5. The average Bonchev–Trinajstić information content (AvgIpc) is 3.16. The summed E-state index contributed by atoms with van der Waals surface area (Å²) in [6.07, 6.45) is -3.51. The number of carbonyl (C=O) groups excluding carboxylic acids is 2. The molecule has 9 nitrogen and oxygen atoms in total.